The molecule has 1 heterocycles. The molecule has 0 atom stereocenters. The number of hydrogen-bond acceptors (Lipinski definition) is 4. The van der Waals surface area contributed by atoms with E-state index in [1.54, 1.807) is 6.33 Å². The summed E-state index contributed by atoms with van der Waals surface area (Å²) in [5.74, 6) is 1.73. The van der Waals surface area contributed by atoms with Gasteiger partial charge >= 0.3 is 0 Å². The van der Waals surface area contributed by atoms with Crippen LogP contribution in [0.15, 0.2) is 48.8 Å². The molecule has 0 amide bonds. The predicted molar refractivity (Wildman–Crippen MR) is 88.2 cm³/mol. The highest BCUT2D eigenvalue weighted by Crippen LogP contribution is 2.28. The van der Waals surface area contributed by atoms with E-state index >= 15 is 0 Å². The van der Waals surface area contributed by atoms with Gasteiger partial charge < -0.3 is 10.6 Å². The van der Waals surface area contributed by atoms with Crippen LogP contribution in [-0.2, 0) is 6.42 Å². The molecule has 0 saturated heterocycles. The van der Waals surface area contributed by atoms with Crippen LogP contribution in [0.2, 0.25) is 0 Å². The number of hydrogen-bond donors (Lipinski definition) is 2. The minimum atomic E-state index is 0.855. The number of nitrogens with one attached hydrogen (secondary N) is 2. The van der Waals surface area contributed by atoms with E-state index in [2.05, 4.69) is 57.9 Å². The molecule has 3 aromatic rings. The largest absolute Gasteiger partial charge is 0.373 e. The SMILES string of the molecule is CCc1c(NC)ncnc1Nc1cccc2ccccc12. The van der Waals surface area contributed by atoms with Crippen LogP contribution in [0.1, 0.15) is 12.5 Å². The zero-order chi connectivity index (χ0) is 14.7. The molecule has 0 unspecified atom stereocenters. The lowest BCUT2D eigenvalue weighted by atomic mass is 10.1. The van der Waals surface area contributed by atoms with Gasteiger partial charge in [-0.25, -0.2) is 9.97 Å². The molecule has 0 fully saturated rings. The average molecular weight is 278 g/mol. The monoisotopic (exact) mass is 278 g/mol. The quantitative estimate of drug-likeness (QED) is 0.758. The first kappa shape index (κ1) is 13.4. The molecule has 0 aliphatic heterocycles. The Hall–Kier alpha value is -2.62. The van der Waals surface area contributed by atoms with Crippen molar-refractivity contribution >= 4 is 28.1 Å². The summed E-state index contributed by atoms with van der Waals surface area (Å²) in [4.78, 5) is 8.67. The minimum Gasteiger partial charge on any atom is -0.373 e. The van der Waals surface area contributed by atoms with E-state index in [-0.39, 0.29) is 0 Å². The van der Waals surface area contributed by atoms with Crippen molar-refractivity contribution in [1.82, 2.24) is 9.97 Å². The van der Waals surface area contributed by atoms with Crippen LogP contribution in [0.5, 0.6) is 0 Å². The Morgan fingerprint density at radius 2 is 1.71 bits per heavy atom. The van der Waals surface area contributed by atoms with Gasteiger partial charge in [0.25, 0.3) is 0 Å². The second-order valence-corrected chi connectivity index (χ2v) is 4.80. The molecule has 0 aliphatic carbocycles. The molecule has 0 bridgehead atoms. The van der Waals surface area contributed by atoms with Crippen molar-refractivity contribution < 1.29 is 0 Å². The number of rotatable bonds is 4. The maximum Gasteiger partial charge on any atom is 0.139 e. The van der Waals surface area contributed by atoms with Crippen molar-refractivity contribution in [1.29, 1.82) is 0 Å². The summed E-state index contributed by atoms with van der Waals surface area (Å²) >= 11 is 0. The summed E-state index contributed by atoms with van der Waals surface area (Å²) in [5, 5.41) is 8.97. The molecule has 0 radical (unpaired) electrons. The summed E-state index contributed by atoms with van der Waals surface area (Å²) < 4.78 is 0. The Labute approximate surface area is 124 Å². The molecule has 0 aliphatic rings. The third-order valence-electron chi connectivity index (χ3n) is 3.58. The second kappa shape index (κ2) is 5.79. The van der Waals surface area contributed by atoms with E-state index in [9.17, 15) is 0 Å². The lowest BCUT2D eigenvalue weighted by molar-refractivity contribution is 1.05. The second-order valence-electron chi connectivity index (χ2n) is 4.80. The molecule has 4 nitrogen and oxygen atoms in total. The van der Waals surface area contributed by atoms with Crippen molar-refractivity contribution in [2.45, 2.75) is 13.3 Å². The zero-order valence-electron chi connectivity index (χ0n) is 12.2. The molecule has 106 valence electrons. The highest BCUT2D eigenvalue weighted by molar-refractivity contribution is 5.95. The Balaban J connectivity index is 2.07. The Kier molecular flexibility index (Phi) is 3.69. The van der Waals surface area contributed by atoms with E-state index in [4.69, 9.17) is 0 Å². The highest BCUT2D eigenvalue weighted by atomic mass is 15.1. The number of aromatic nitrogens is 2. The Bertz CT molecular complexity index is 762. The van der Waals surface area contributed by atoms with Crippen LogP contribution < -0.4 is 10.6 Å². The van der Waals surface area contributed by atoms with Gasteiger partial charge in [0.05, 0.1) is 0 Å². The standard InChI is InChI=1S/C17H18N4/c1-3-13-16(18-2)19-11-20-17(13)21-15-10-6-8-12-7-4-5-9-14(12)15/h4-11H,3H2,1-2H3,(H2,18,19,20,21). The number of fused-ring (bicyclic) bond motifs is 1. The molecular weight excluding hydrogens is 260 g/mol. The van der Waals surface area contributed by atoms with E-state index in [0.717, 1.165) is 29.3 Å². The van der Waals surface area contributed by atoms with Crippen LogP contribution >= 0.6 is 0 Å². The maximum atomic E-state index is 4.40. The van der Waals surface area contributed by atoms with Gasteiger partial charge in [0, 0.05) is 23.7 Å². The summed E-state index contributed by atoms with van der Waals surface area (Å²) in [5.41, 5.74) is 2.15. The molecule has 0 saturated carbocycles. The van der Waals surface area contributed by atoms with Crippen molar-refractivity contribution in [2.24, 2.45) is 0 Å². The van der Waals surface area contributed by atoms with Gasteiger partial charge in [0.1, 0.15) is 18.0 Å². The van der Waals surface area contributed by atoms with E-state index in [1.807, 2.05) is 19.2 Å². The fourth-order valence-electron chi connectivity index (χ4n) is 2.53. The average Bonchev–Trinajstić information content (AvgIpc) is 2.55. The van der Waals surface area contributed by atoms with Gasteiger partial charge in [-0.1, -0.05) is 43.3 Å². The number of benzene rings is 2. The molecule has 3 rings (SSSR count). The zero-order valence-corrected chi connectivity index (χ0v) is 12.2. The van der Waals surface area contributed by atoms with Crippen LogP contribution in [-0.4, -0.2) is 17.0 Å². The number of anilines is 3. The van der Waals surface area contributed by atoms with Crippen LogP contribution in [0.25, 0.3) is 10.8 Å². The number of nitrogens with zero attached hydrogens (tertiary/aromatic N) is 2. The fourth-order valence-corrected chi connectivity index (χ4v) is 2.53. The van der Waals surface area contributed by atoms with Crippen molar-refractivity contribution in [3.8, 4) is 0 Å². The molecule has 21 heavy (non-hydrogen) atoms. The van der Waals surface area contributed by atoms with Gasteiger partial charge in [0.2, 0.25) is 0 Å². The van der Waals surface area contributed by atoms with Crippen molar-refractivity contribution in [3.05, 3.63) is 54.4 Å². The molecule has 0 spiro atoms. The van der Waals surface area contributed by atoms with Crippen molar-refractivity contribution in [2.75, 3.05) is 17.7 Å². The van der Waals surface area contributed by atoms with Crippen LogP contribution in [0, 0.1) is 0 Å². The Morgan fingerprint density at radius 1 is 0.952 bits per heavy atom. The van der Waals surface area contributed by atoms with Crippen molar-refractivity contribution in [3.63, 3.8) is 0 Å². The summed E-state index contributed by atoms with van der Waals surface area (Å²) in [7, 11) is 1.88. The van der Waals surface area contributed by atoms with E-state index in [1.165, 1.54) is 10.8 Å². The normalized spacial score (nSPS) is 10.6. The van der Waals surface area contributed by atoms with Crippen LogP contribution in [0.3, 0.4) is 0 Å². The molecule has 2 aromatic carbocycles. The summed E-state index contributed by atoms with van der Waals surface area (Å²) in [6.45, 7) is 2.10. The fraction of sp³-hybridized carbons (Fsp3) is 0.176. The van der Waals surface area contributed by atoms with Gasteiger partial charge in [-0.05, 0) is 17.9 Å². The third-order valence-corrected chi connectivity index (χ3v) is 3.58. The van der Waals surface area contributed by atoms with Gasteiger partial charge in [-0.15, -0.1) is 0 Å². The topological polar surface area (TPSA) is 49.8 Å². The molecule has 4 heteroatoms. The molecule has 2 N–H and O–H groups in total. The first-order chi connectivity index (χ1) is 10.3. The molecular formula is C17H18N4. The smallest absolute Gasteiger partial charge is 0.139 e. The minimum absolute atomic E-state index is 0.855. The van der Waals surface area contributed by atoms with E-state index in [0.29, 0.717) is 0 Å². The highest BCUT2D eigenvalue weighted by Gasteiger charge is 2.10. The summed E-state index contributed by atoms with van der Waals surface area (Å²) in [6, 6.07) is 14.6. The molecule has 1 aromatic heterocycles. The summed E-state index contributed by atoms with van der Waals surface area (Å²) in [6.07, 6.45) is 2.45. The van der Waals surface area contributed by atoms with Gasteiger partial charge in [-0.3, -0.25) is 0 Å². The third kappa shape index (κ3) is 2.52. The van der Waals surface area contributed by atoms with Crippen LogP contribution in [0.4, 0.5) is 17.3 Å². The van der Waals surface area contributed by atoms with E-state index < -0.39 is 0 Å². The van der Waals surface area contributed by atoms with Gasteiger partial charge in [-0.2, -0.15) is 0 Å². The first-order valence-corrected chi connectivity index (χ1v) is 7.10. The lowest BCUT2D eigenvalue weighted by Gasteiger charge is -2.14. The Morgan fingerprint density at radius 3 is 2.52 bits per heavy atom. The predicted octanol–water partition coefficient (Wildman–Crippen LogP) is 3.98. The van der Waals surface area contributed by atoms with Gasteiger partial charge in [0.15, 0.2) is 0 Å². The maximum absolute atomic E-state index is 4.40. The lowest BCUT2D eigenvalue weighted by Crippen LogP contribution is -2.05. The first-order valence-electron chi connectivity index (χ1n) is 7.10.